The number of nitrogens with two attached hydrogens (primary N) is 1. The van der Waals surface area contributed by atoms with Crippen LogP contribution in [0.3, 0.4) is 0 Å². The molecule has 0 bridgehead atoms. The molecule has 3 N–H and O–H groups in total. The molecule has 1 heterocycles. The van der Waals surface area contributed by atoms with Crippen LogP contribution in [0.25, 0.3) is 0 Å². The molecule has 1 fully saturated rings. The molecule has 0 aromatic heterocycles. The van der Waals surface area contributed by atoms with Crippen molar-refractivity contribution in [3.8, 4) is 0 Å². The fourth-order valence-corrected chi connectivity index (χ4v) is 1.93. The molecule has 0 atom stereocenters. The van der Waals surface area contributed by atoms with E-state index in [0.29, 0.717) is 11.6 Å². The maximum atomic E-state index is 13.1. The summed E-state index contributed by atoms with van der Waals surface area (Å²) in [5, 5.41) is 3.22. The molecule has 16 heavy (non-hydrogen) atoms. The molecule has 0 amide bonds. The summed E-state index contributed by atoms with van der Waals surface area (Å²) >= 11 is 0. The Labute approximate surface area is 94.8 Å². The average molecular weight is 224 g/mol. The van der Waals surface area contributed by atoms with Gasteiger partial charge in [0, 0.05) is 31.1 Å². The lowest BCUT2D eigenvalue weighted by molar-refractivity contribution is 0.0699. The van der Waals surface area contributed by atoms with Gasteiger partial charge < -0.3 is 15.8 Å². The number of rotatable bonds is 3. The van der Waals surface area contributed by atoms with Gasteiger partial charge in [-0.1, -0.05) is 0 Å². The minimum absolute atomic E-state index is 0.297. The molecule has 1 aromatic rings. The number of halogens is 1. The number of nitrogens with one attached hydrogen (secondary N) is 1. The van der Waals surface area contributed by atoms with Crippen molar-refractivity contribution in [1.29, 1.82) is 0 Å². The largest absolute Gasteiger partial charge is 0.399 e. The molecule has 0 saturated carbocycles. The smallest absolute Gasteiger partial charge is 0.127 e. The third-order valence-electron chi connectivity index (χ3n) is 2.86. The molecule has 88 valence electrons. The zero-order chi connectivity index (χ0) is 11.4. The van der Waals surface area contributed by atoms with Gasteiger partial charge in [-0.25, -0.2) is 4.39 Å². The van der Waals surface area contributed by atoms with Crippen molar-refractivity contribution < 1.29 is 9.13 Å². The molecule has 1 aliphatic rings. The SMILES string of the molecule is Nc1cc(F)cc(NCC2CCOCC2)c1. The van der Waals surface area contributed by atoms with Crippen molar-refractivity contribution in [3.05, 3.63) is 24.0 Å². The first kappa shape index (κ1) is 11.2. The second kappa shape index (κ2) is 5.16. The molecule has 1 aromatic carbocycles. The van der Waals surface area contributed by atoms with Crippen LogP contribution in [0.15, 0.2) is 18.2 Å². The standard InChI is InChI=1S/C12H17FN2O/c13-10-5-11(14)7-12(6-10)15-8-9-1-3-16-4-2-9/h5-7,9,15H,1-4,8,14H2. The molecule has 0 spiro atoms. The van der Waals surface area contributed by atoms with E-state index < -0.39 is 0 Å². The number of hydrogen-bond acceptors (Lipinski definition) is 3. The Hall–Kier alpha value is -1.29. The molecule has 4 heteroatoms. The first-order chi connectivity index (χ1) is 7.74. The van der Waals surface area contributed by atoms with E-state index in [4.69, 9.17) is 10.5 Å². The topological polar surface area (TPSA) is 47.3 Å². The van der Waals surface area contributed by atoms with Gasteiger partial charge in [-0.05, 0) is 37.0 Å². The fourth-order valence-electron chi connectivity index (χ4n) is 1.93. The third kappa shape index (κ3) is 3.10. The summed E-state index contributed by atoms with van der Waals surface area (Å²) in [6.45, 7) is 2.52. The first-order valence-electron chi connectivity index (χ1n) is 5.62. The summed E-state index contributed by atoms with van der Waals surface area (Å²) in [6.07, 6.45) is 2.13. The highest BCUT2D eigenvalue weighted by Gasteiger charge is 2.13. The Morgan fingerprint density at radius 1 is 1.31 bits per heavy atom. The van der Waals surface area contributed by atoms with Crippen LogP contribution in [-0.2, 0) is 4.74 Å². The van der Waals surface area contributed by atoms with E-state index in [1.165, 1.54) is 12.1 Å². The summed E-state index contributed by atoms with van der Waals surface area (Å²) in [5.74, 6) is 0.313. The normalized spacial score (nSPS) is 17.3. The lowest BCUT2D eigenvalue weighted by Crippen LogP contribution is -2.22. The van der Waals surface area contributed by atoms with Crippen molar-refractivity contribution in [2.24, 2.45) is 5.92 Å². The highest BCUT2D eigenvalue weighted by atomic mass is 19.1. The molecule has 0 unspecified atom stereocenters. The lowest BCUT2D eigenvalue weighted by atomic mass is 10.0. The summed E-state index contributed by atoms with van der Waals surface area (Å²) in [4.78, 5) is 0. The average Bonchev–Trinajstić information content (AvgIpc) is 2.27. The maximum Gasteiger partial charge on any atom is 0.127 e. The minimum atomic E-state index is -0.297. The van der Waals surface area contributed by atoms with Crippen LogP contribution in [0.2, 0.25) is 0 Å². The van der Waals surface area contributed by atoms with Gasteiger partial charge in [0.15, 0.2) is 0 Å². The van der Waals surface area contributed by atoms with Gasteiger partial charge in [0.2, 0.25) is 0 Å². The number of nitrogen functional groups attached to an aromatic ring is 1. The van der Waals surface area contributed by atoms with Crippen LogP contribution >= 0.6 is 0 Å². The Balaban J connectivity index is 1.88. The zero-order valence-electron chi connectivity index (χ0n) is 9.21. The van der Waals surface area contributed by atoms with Crippen molar-refractivity contribution in [3.63, 3.8) is 0 Å². The zero-order valence-corrected chi connectivity index (χ0v) is 9.21. The Kier molecular flexibility index (Phi) is 3.62. The number of anilines is 2. The van der Waals surface area contributed by atoms with Gasteiger partial charge in [0.05, 0.1) is 0 Å². The molecule has 2 rings (SSSR count). The van der Waals surface area contributed by atoms with Crippen LogP contribution < -0.4 is 11.1 Å². The Morgan fingerprint density at radius 3 is 2.75 bits per heavy atom. The van der Waals surface area contributed by atoms with Crippen molar-refractivity contribution >= 4 is 11.4 Å². The van der Waals surface area contributed by atoms with Crippen LogP contribution in [0.1, 0.15) is 12.8 Å². The predicted octanol–water partition coefficient (Wildman–Crippen LogP) is 2.25. The monoisotopic (exact) mass is 224 g/mol. The van der Waals surface area contributed by atoms with Crippen LogP contribution in [0.4, 0.5) is 15.8 Å². The van der Waals surface area contributed by atoms with E-state index in [-0.39, 0.29) is 5.82 Å². The molecule has 1 saturated heterocycles. The summed E-state index contributed by atoms with van der Waals surface area (Å²) in [7, 11) is 0. The molecule has 0 aliphatic carbocycles. The first-order valence-corrected chi connectivity index (χ1v) is 5.62. The second-order valence-electron chi connectivity index (χ2n) is 4.21. The van der Waals surface area contributed by atoms with Crippen molar-refractivity contribution in [1.82, 2.24) is 0 Å². The van der Waals surface area contributed by atoms with Crippen molar-refractivity contribution in [2.75, 3.05) is 30.8 Å². The van der Waals surface area contributed by atoms with E-state index in [0.717, 1.165) is 38.3 Å². The predicted molar refractivity (Wildman–Crippen MR) is 62.8 cm³/mol. The van der Waals surface area contributed by atoms with Gasteiger partial charge in [-0.2, -0.15) is 0 Å². The van der Waals surface area contributed by atoms with Gasteiger partial charge >= 0.3 is 0 Å². The molecule has 3 nitrogen and oxygen atoms in total. The van der Waals surface area contributed by atoms with Gasteiger partial charge in [-0.15, -0.1) is 0 Å². The van der Waals surface area contributed by atoms with E-state index in [9.17, 15) is 4.39 Å². The minimum Gasteiger partial charge on any atom is -0.399 e. The third-order valence-corrected chi connectivity index (χ3v) is 2.86. The van der Waals surface area contributed by atoms with E-state index >= 15 is 0 Å². The highest BCUT2D eigenvalue weighted by molar-refractivity contribution is 5.54. The second-order valence-corrected chi connectivity index (χ2v) is 4.21. The van der Waals surface area contributed by atoms with E-state index in [1.54, 1.807) is 6.07 Å². The quantitative estimate of drug-likeness (QED) is 0.774. The number of ether oxygens (including phenoxy) is 1. The van der Waals surface area contributed by atoms with E-state index in [1.807, 2.05) is 0 Å². The van der Waals surface area contributed by atoms with Crippen molar-refractivity contribution in [2.45, 2.75) is 12.8 Å². The van der Waals surface area contributed by atoms with Gasteiger partial charge in [0.25, 0.3) is 0 Å². The Bertz CT molecular complexity index is 331. The summed E-state index contributed by atoms with van der Waals surface area (Å²) in [6, 6.07) is 4.54. The summed E-state index contributed by atoms with van der Waals surface area (Å²) in [5.41, 5.74) is 6.78. The van der Waals surface area contributed by atoms with E-state index in [2.05, 4.69) is 5.32 Å². The number of benzene rings is 1. The molecular weight excluding hydrogens is 207 g/mol. The maximum absolute atomic E-state index is 13.1. The van der Waals surface area contributed by atoms with Crippen LogP contribution in [0, 0.1) is 11.7 Å². The van der Waals surface area contributed by atoms with Crippen LogP contribution in [0.5, 0.6) is 0 Å². The molecular formula is C12H17FN2O. The van der Waals surface area contributed by atoms with Crippen LogP contribution in [-0.4, -0.2) is 19.8 Å². The van der Waals surface area contributed by atoms with Gasteiger partial charge in [0.1, 0.15) is 5.82 Å². The molecule has 0 radical (unpaired) electrons. The summed E-state index contributed by atoms with van der Waals surface area (Å²) < 4.78 is 18.3. The molecule has 1 aliphatic heterocycles. The fraction of sp³-hybridized carbons (Fsp3) is 0.500. The van der Waals surface area contributed by atoms with Gasteiger partial charge in [-0.3, -0.25) is 0 Å². The lowest BCUT2D eigenvalue weighted by Gasteiger charge is -2.22. The Morgan fingerprint density at radius 2 is 2.06 bits per heavy atom. The highest BCUT2D eigenvalue weighted by Crippen LogP contribution is 2.18. The number of hydrogen-bond donors (Lipinski definition) is 2.